The number of aromatic amines is 1. The number of rotatable bonds is 3. The molecule has 0 saturated heterocycles. The third-order valence-electron chi connectivity index (χ3n) is 2.42. The molecule has 2 N–H and O–H groups in total. The summed E-state index contributed by atoms with van der Waals surface area (Å²) in [6.07, 6.45) is -2.98. The van der Waals surface area contributed by atoms with Crippen LogP contribution in [-0.2, 0) is 12.7 Å². The average molecular weight is 258 g/mol. The molecule has 0 fully saturated rings. The Labute approximate surface area is 101 Å². The van der Waals surface area contributed by atoms with Crippen LogP contribution >= 0.6 is 0 Å². The van der Waals surface area contributed by atoms with Gasteiger partial charge in [0.05, 0.1) is 12.1 Å². The van der Waals surface area contributed by atoms with Crippen molar-refractivity contribution in [3.05, 3.63) is 53.6 Å². The average Bonchev–Trinajstić information content (AvgIpc) is 2.79. The van der Waals surface area contributed by atoms with Gasteiger partial charge in [0.2, 0.25) is 0 Å². The fourth-order valence-corrected chi connectivity index (χ4v) is 1.53. The first-order chi connectivity index (χ1) is 8.47. The van der Waals surface area contributed by atoms with E-state index < -0.39 is 17.6 Å². The summed E-state index contributed by atoms with van der Waals surface area (Å²) >= 11 is 0. The molecule has 0 amide bonds. The molecule has 0 atom stereocenters. The van der Waals surface area contributed by atoms with Crippen molar-refractivity contribution in [2.24, 2.45) is 0 Å². The van der Waals surface area contributed by atoms with Crippen LogP contribution in [0.3, 0.4) is 0 Å². The van der Waals surface area contributed by atoms with Crippen molar-refractivity contribution in [2.45, 2.75) is 12.7 Å². The molecular weight excluding hydrogens is 248 g/mol. The van der Waals surface area contributed by atoms with Gasteiger partial charge in [0, 0.05) is 17.6 Å². The second-order valence-electron chi connectivity index (χ2n) is 3.74. The quantitative estimate of drug-likeness (QED) is 0.805. The summed E-state index contributed by atoms with van der Waals surface area (Å²) in [5.74, 6) is -1.27. The third kappa shape index (κ3) is 2.82. The number of hydrogen-bond acceptors (Lipinski definition) is 1. The Kier molecular flexibility index (Phi) is 3.27. The lowest BCUT2D eigenvalue weighted by atomic mass is 10.2. The van der Waals surface area contributed by atoms with E-state index in [1.165, 1.54) is 6.07 Å². The van der Waals surface area contributed by atoms with E-state index in [1.807, 2.05) is 0 Å². The van der Waals surface area contributed by atoms with Crippen LogP contribution in [0.5, 0.6) is 0 Å². The lowest BCUT2D eigenvalue weighted by molar-refractivity contribution is -0.139. The van der Waals surface area contributed by atoms with Gasteiger partial charge in [-0.25, -0.2) is 4.39 Å². The molecule has 2 aromatic rings. The Morgan fingerprint density at radius 3 is 2.56 bits per heavy atom. The smallest absolute Gasteiger partial charge is 0.379 e. The first kappa shape index (κ1) is 12.5. The maximum absolute atomic E-state index is 13.0. The van der Waals surface area contributed by atoms with Gasteiger partial charge in [0.25, 0.3) is 0 Å². The summed E-state index contributed by atoms with van der Waals surface area (Å²) in [5, 5.41) is 2.79. The summed E-state index contributed by atoms with van der Waals surface area (Å²) < 4.78 is 50.4. The van der Waals surface area contributed by atoms with E-state index in [0.717, 1.165) is 17.8 Å². The predicted molar refractivity (Wildman–Crippen MR) is 59.5 cm³/mol. The Bertz CT molecular complexity index is 517. The Morgan fingerprint density at radius 1 is 1.17 bits per heavy atom. The van der Waals surface area contributed by atoms with E-state index in [1.54, 1.807) is 18.3 Å². The maximum Gasteiger partial charge on any atom is 0.419 e. The molecule has 0 radical (unpaired) electrons. The lowest BCUT2D eigenvalue weighted by Crippen LogP contribution is -2.09. The molecular formula is C12H10F4N2. The van der Waals surface area contributed by atoms with E-state index in [9.17, 15) is 17.6 Å². The zero-order valence-corrected chi connectivity index (χ0v) is 9.18. The molecule has 0 aliphatic carbocycles. The van der Waals surface area contributed by atoms with Gasteiger partial charge < -0.3 is 10.3 Å². The molecule has 1 heterocycles. The van der Waals surface area contributed by atoms with E-state index in [-0.39, 0.29) is 5.69 Å². The van der Waals surface area contributed by atoms with Crippen molar-refractivity contribution in [2.75, 3.05) is 5.32 Å². The Hall–Kier alpha value is -1.98. The van der Waals surface area contributed by atoms with E-state index in [2.05, 4.69) is 10.3 Å². The van der Waals surface area contributed by atoms with Gasteiger partial charge >= 0.3 is 6.18 Å². The highest BCUT2D eigenvalue weighted by molar-refractivity contribution is 5.47. The first-order valence-electron chi connectivity index (χ1n) is 5.20. The van der Waals surface area contributed by atoms with Crippen molar-refractivity contribution >= 4 is 5.69 Å². The van der Waals surface area contributed by atoms with Gasteiger partial charge in [-0.05, 0) is 30.3 Å². The summed E-state index contributed by atoms with van der Waals surface area (Å²) in [6, 6.07) is 6.41. The van der Waals surface area contributed by atoms with Crippen molar-refractivity contribution in [1.82, 2.24) is 4.98 Å². The fourth-order valence-electron chi connectivity index (χ4n) is 1.53. The monoisotopic (exact) mass is 258 g/mol. The number of benzene rings is 1. The highest BCUT2D eigenvalue weighted by atomic mass is 19.4. The van der Waals surface area contributed by atoms with Crippen molar-refractivity contribution in [3.63, 3.8) is 0 Å². The van der Waals surface area contributed by atoms with Crippen LogP contribution in [0.2, 0.25) is 0 Å². The van der Waals surface area contributed by atoms with E-state index in [4.69, 9.17) is 0 Å². The van der Waals surface area contributed by atoms with Gasteiger partial charge in [-0.3, -0.25) is 0 Å². The van der Waals surface area contributed by atoms with Gasteiger partial charge in [0.15, 0.2) is 0 Å². The Balaban J connectivity index is 2.15. The number of H-pyrrole nitrogens is 1. The van der Waals surface area contributed by atoms with E-state index in [0.29, 0.717) is 6.54 Å². The van der Waals surface area contributed by atoms with Gasteiger partial charge in [0.1, 0.15) is 5.82 Å². The number of hydrogen-bond donors (Lipinski definition) is 2. The number of anilines is 1. The fraction of sp³-hybridized carbons (Fsp3) is 0.167. The second kappa shape index (κ2) is 4.72. The summed E-state index contributed by atoms with van der Waals surface area (Å²) in [7, 11) is 0. The molecule has 6 heteroatoms. The summed E-state index contributed by atoms with van der Waals surface area (Å²) in [4.78, 5) is 2.90. The number of aromatic nitrogens is 1. The topological polar surface area (TPSA) is 27.8 Å². The number of alkyl halides is 3. The number of halogens is 4. The minimum absolute atomic E-state index is 0.221. The minimum Gasteiger partial charge on any atom is -0.379 e. The van der Waals surface area contributed by atoms with Crippen LogP contribution in [0, 0.1) is 5.82 Å². The third-order valence-corrected chi connectivity index (χ3v) is 2.42. The van der Waals surface area contributed by atoms with Gasteiger partial charge in [-0.2, -0.15) is 13.2 Å². The van der Waals surface area contributed by atoms with Crippen LogP contribution in [-0.4, -0.2) is 4.98 Å². The largest absolute Gasteiger partial charge is 0.419 e. The van der Waals surface area contributed by atoms with E-state index >= 15 is 0 Å². The molecule has 96 valence electrons. The molecule has 0 bridgehead atoms. The minimum atomic E-state index is -4.69. The molecule has 0 spiro atoms. The molecule has 2 rings (SSSR count). The van der Waals surface area contributed by atoms with Gasteiger partial charge in [-0.1, -0.05) is 0 Å². The molecule has 0 saturated carbocycles. The van der Waals surface area contributed by atoms with Crippen LogP contribution in [0.25, 0.3) is 0 Å². The first-order valence-corrected chi connectivity index (χ1v) is 5.20. The molecule has 18 heavy (non-hydrogen) atoms. The van der Waals surface area contributed by atoms with Crippen LogP contribution in [0.15, 0.2) is 36.5 Å². The SMILES string of the molecule is Fc1ccc(NCc2ccc[nH]2)cc1C(F)(F)F. The van der Waals surface area contributed by atoms with Crippen molar-refractivity contribution in [1.29, 1.82) is 0 Å². The van der Waals surface area contributed by atoms with Crippen molar-refractivity contribution in [3.8, 4) is 0 Å². The van der Waals surface area contributed by atoms with Crippen LogP contribution in [0.1, 0.15) is 11.3 Å². The maximum atomic E-state index is 13.0. The molecule has 0 aliphatic rings. The molecule has 0 unspecified atom stereocenters. The predicted octanol–water partition coefficient (Wildman–Crippen LogP) is 3.78. The molecule has 0 aliphatic heterocycles. The zero-order valence-electron chi connectivity index (χ0n) is 9.18. The zero-order chi connectivity index (χ0) is 13.2. The lowest BCUT2D eigenvalue weighted by Gasteiger charge is -2.11. The number of nitrogens with one attached hydrogen (secondary N) is 2. The standard InChI is InChI=1S/C12H10F4N2/c13-11-4-3-8(6-10(11)12(14,15)16)18-7-9-2-1-5-17-9/h1-6,17-18H,7H2. The summed E-state index contributed by atoms with van der Waals surface area (Å²) in [6.45, 7) is 0.343. The molecule has 1 aromatic carbocycles. The highest BCUT2D eigenvalue weighted by Crippen LogP contribution is 2.33. The van der Waals surface area contributed by atoms with Crippen LogP contribution < -0.4 is 5.32 Å². The highest BCUT2D eigenvalue weighted by Gasteiger charge is 2.34. The molecule has 2 nitrogen and oxygen atoms in total. The second-order valence-corrected chi connectivity index (χ2v) is 3.74. The van der Waals surface area contributed by atoms with Crippen LogP contribution in [0.4, 0.5) is 23.2 Å². The molecule has 1 aromatic heterocycles. The van der Waals surface area contributed by atoms with Crippen molar-refractivity contribution < 1.29 is 17.6 Å². The van der Waals surface area contributed by atoms with Gasteiger partial charge in [-0.15, -0.1) is 0 Å². The normalized spacial score (nSPS) is 11.6. The summed E-state index contributed by atoms with van der Waals surface area (Å²) in [5.41, 5.74) is -0.217. The Morgan fingerprint density at radius 2 is 1.94 bits per heavy atom.